The van der Waals surface area contributed by atoms with E-state index in [1.807, 2.05) is 36.2 Å². The second-order valence-corrected chi connectivity index (χ2v) is 6.30. The number of carbonyl (C=O) groups is 1. The van der Waals surface area contributed by atoms with Gasteiger partial charge >= 0.3 is 0 Å². The van der Waals surface area contributed by atoms with Gasteiger partial charge in [0.15, 0.2) is 11.5 Å². The lowest BCUT2D eigenvalue weighted by Crippen LogP contribution is -2.53. The summed E-state index contributed by atoms with van der Waals surface area (Å²) < 4.78 is 16.4. The fourth-order valence-corrected chi connectivity index (χ4v) is 4.22. The zero-order chi connectivity index (χ0) is 16.5. The van der Waals surface area contributed by atoms with Gasteiger partial charge in [0.25, 0.3) is 5.79 Å². The number of carbonyl (C=O) groups excluding carboxylic acids is 1. The molecule has 2 heterocycles. The molecule has 4 rings (SSSR count). The summed E-state index contributed by atoms with van der Waals surface area (Å²) in [6.07, 6.45) is 4.04. The first kappa shape index (κ1) is 14.7. The Labute approximate surface area is 134 Å². The van der Waals surface area contributed by atoms with Gasteiger partial charge in [-0.25, -0.2) is 0 Å². The number of rotatable bonds is 3. The van der Waals surface area contributed by atoms with E-state index in [0.29, 0.717) is 18.0 Å². The molecule has 6 nitrogen and oxygen atoms in total. The second kappa shape index (κ2) is 4.35. The zero-order valence-corrected chi connectivity index (χ0v) is 13.3. The molecule has 3 unspecified atom stereocenters. The molecule has 1 aromatic carbocycles. The van der Waals surface area contributed by atoms with Gasteiger partial charge in [-0.2, -0.15) is 0 Å². The molecular formula is C17H19NO5. The van der Waals surface area contributed by atoms with Crippen molar-refractivity contribution in [3.8, 4) is 11.5 Å². The maximum atomic E-state index is 12.1. The van der Waals surface area contributed by atoms with Crippen molar-refractivity contribution in [2.75, 3.05) is 27.8 Å². The van der Waals surface area contributed by atoms with E-state index in [4.69, 9.17) is 14.2 Å². The Morgan fingerprint density at radius 3 is 2.70 bits per heavy atom. The minimum absolute atomic E-state index is 0.401. The number of likely N-dealkylation sites (N-methyl/N-ethyl adjacent to an activating group) is 1. The summed E-state index contributed by atoms with van der Waals surface area (Å²) in [7, 11) is 5.04. The van der Waals surface area contributed by atoms with Gasteiger partial charge < -0.3 is 19.3 Å². The number of likely N-dealkylation sites (tertiary alicyclic amines) is 1. The minimum Gasteiger partial charge on any atom is -0.493 e. The first-order valence-electron chi connectivity index (χ1n) is 7.55. The van der Waals surface area contributed by atoms with E-state index < -0.39 is 22.7 Å². The number of nitrogens with zero attached hydrogens (tertiary/aromatic N) is 1. The number of methoxy groups -OCH3 is 2. The molecule has 0 aromatic heterocycles. The first-order valence-corrected chi connectivity index (χ1v) is 7.55. The van der Waals surface area contributed by atoms with Crippen LogP contribution in [0.2, 0.25) is 0 Å². The van der Waals surface area contributed by atoms with Gasteiger partial charge in [-0.05, 0) is 37.2 Å². The SMILES string of the molecule is COc1ccc(C23C=CC(=O)C4(O)OC42N(C)CC3)cc1OC. The van der Waals surface area contributed by atoms with E-state index >= 15 is 0 Å². The number of ether oxygens (including phenoxy) is 3. The van der Waals surface area contributed by atoms with Crippen molar-refractivity contribution in [2.24, 2.45) is 0 Å². The van der Waals surface area contributed by atoms with E-state index in [9.17, 15) is 9.90 Å². The molecule has 6 heteroatoms. The number of benzene rings is 1. The number of hydrogen-bond donors (Lipinski definition) is 1. The Hall–Kier alpha value is -1.89. The number of hydrogen-bond acceptors (Lipinski definition) is 6. The Morgan fingerprint density at radius 2 is 2.00 bits per heavy atom. The van der Waals surface area contributed by atoms with E-state index in [0.717, 1.165) is 12.0 Å². The van der Waals surface area contributed by atoms with Crippen LogP contribution in [0.25, 0.3) is 0 Å². The quantitative estimate of drug-likeness (QED) is 0.833. The highest BCUT2D eigenvalue weighted by Crippen LogP contribution is 2.67. The number of aliphatic hydroxyl groups is 1. The molecule has 1 N–H and O–H groups in total. The molecule has 3 atom stereocenters. The molecule has 2 aliphatic heterocycles. The predicted octanol–water partition coefficient (Wildman–Crippen LogP) is 0.831. The molecule has 23 heavy (non-hydrogen) atoms. The number of ketones is 1. The van der Waals surface area contributed by atoms with E-state index in [1.165, 1.54) is 6.08 Å². The number of epoxide rings is 1. The van der Waals surface area contributed by atoms with Crippen LogP contribution in [0.1, 0.15) is 12.0 Å². The summed E-state index contributed by atoms with van der Waals surface area (Å²) in [6.45, 7) is 0.717. The molecule has 1 spiro atoms. The third kappa shape index (κ3) is 1.46. The zero-order valence-electron chi connectivity index (χ0n) is 13.3. The molecule has 0 bridgehead atoms. The third-order valence-electron chi connectivity index (χ3n) is 5.45. The third-order valence-corrected chi connectivity index (χ3v) is 5.45. The lowest BCUT2D eigenvalue weighted by Gasteiger charge is -2.36. The molecule has 2 fully saturated rings. The van der Waals surface area contributed by atoms with Crippen molar-refractivity contribution < 1.29 is 24.1 Å². The standard InChI is InChI=1S/C17H19NO5/c1-18-9-8-15(7-6-14(19)16(20)17(15,18)23-16)11-4-5-12(21-2)13(10-11)22-3/h4-7,10,20H,8-9H2,1-3H3. The van der Waals surface area contributed by atoms with Crippen LogP contribution < -0.4 is 9.47 Å². The fraction of sp³-hybridized carbons (Fsp3) is 0.471. The highest BCUT2D eigenvalue weighted by Gasteiger charge is 2.87. The van der Waals surface area contributed by atoms with E-state index in [1.54, 1.807) is 14.2 Å². The summed E-state index contributed by atoms with van der Waals surface area (Å²) in [5, 5.41) is 10.7. The average molecular weight is 317 g/mol. The van der Waals surface area contributed by atoms with Crippen molar-refractivity contribution in [2.45, 2.75) is 23.3 Å². The predicted molar refractivity (Wildman–Crippen MR) is 81.4 cm³/mol. The minimum atomic E-state index is -1.76. The van der Waals surface area contributed by atoms with Crippen molar-refractivity contribution in [1.82, 2.24) is 4.90 Å². The maximum Gasteiger partial charge on any atom is 0.278 e. The highest BCUT2D eigenvalue weighted by molar-refractivity contribution is 6.01. The topological polar surface area (TPSA) is 71.5 Å². The van der Waals surface area contributed by atoms with Gasteiger partial charge in [0.05, 0.1) is 19.6 Å². The molecular weight excluding hydrogens is 298 g/mol. The second-order valence-electron chi connectivity index (χ2n) is 6.30. The van der Waals surface area contributed by atoms with E-state index in [-0.39, 0.29) is 0 Å². The van der Waals surface area contributed by atoms with Crippen LogP contribution in [0.3, 0.4) is 0 Å². The Morgan fingerprint density at radius 1 is 1.26 bits per heavy atom. The molecule has 2 saturated heterocycles. The van der Waals surface area contributed by atoms with Crippen molar-refractivity contribution >= 4 is 5.78 Å². The van der Waals surface area contributed by atoms with Crippen LogP contribution in [0, 0.1) is 0 Å². The normalized spacial score (nSPS) is 38.2. The van der Waals surface area contributed by atoms with Gasteiger partial charge in [0.2, 0.25) is 11.5 Å². The van der Waals surface area contributed by atoms with Gasteiger partial charge in [0.1, 0.15) is 0 Å². The van der Waals surface area contributed by atoms with Gasteiger partial charge in [0, 0.05) is 6.54 Å². The molecule has 1 aliphatic carbocycles. The molecule has 3 aliphatic rings. The molecule has 0 radical (unpaired) electrons. The first-order chi connectivity index (χ1) is 10.9. The van der Waals surface area contributed by atoms with Crippen LogP contribution in [0.15, 0.2) is 30.4 Å². The van der Waals surface area contributed by atoms with Crippen molar-refractivity contribution in [3.05, 3.63) is 35.9 Å². The monoisotopic (exact) mass is 317 g/mol. The summed E-state index contributed by atoms with van der Waals surface area (Å²) in [5.41, 5.74) is -0.700. The van der Waals surface area contributed by atoms with Crippen molar-refractivity contribution in [3.63, 3.8) is 0 Å². The van der Waals surface area contributed by atoms with Crippen LogP contribution in [-0.2, 0) is 14.9 Å². The van der Waals surface area contributed by atoms with Crippen LogP contribution in [0.4, 0.5) is 0 Å². The highest BCUT2D eigenvalue weighted by atomic mass is 16.8. The molecule has 0 saturated carbocycles. The largest absolute Gasteiger partial charge is 0.493 e. The Kier molecular flexibility index (Phi) is 2.77. The van der Waals surface area contributed by atoms with Gasteiger partial charge in [-0.3, -0.25) is 9.69 Å². The molecule has 0 amide bonds. The van der Waals surface area contributed by atoms with Crippen molar-refractivity contribution in [1.29, 1.82) is 0 Å². The van der Waals surface area contributed by atoms with Crippen LogP contribution >= 0.6 is 0 Å². The lowest BCUT2D eigenvalue weighted by molar-refractivity contribution is -0.132. The van der Waals surface area contributed by atoms with Crippen LogP contribution in [-0.4, -0.2) is 55.1 Å². The fourth-order valence-electron chi connectivity index (χ4n) is 4.22. The molecule has 122 valence electrons. The smallest absolute Gasteiger partial charge is 0.278 e. The van der Waals surface area contributed by atoms with Gasteiger partial charge in [-0.1, -0.05) is 12.1 Å². The Balaban J connectivity index is 1.91. The maximum absolute atomic E-state index is 12.1. The summed E-state index contributed by atoms with van der Waals surface area (Å²) >= 11 is 0. The summed E-state index contributed by atoms with van der Waals surface area (Å²) in [6, 6.07) is 5.66. The summed E-state index contributed by atoms with van der Waals surface area (Å²) in [5.74, 6) is -0.919. The lowest BCUT2D eigenvalue weighted by atomic mass is 9.68. The average Bonchev–Trinajstić information content (AvgIpc) is 3.14. The molecule has 1 aromatic rings. The Bertz CT molecular complexity index is 732. The van der Waals surface area contributed by atoms with Gasteiger partial charge in [-0.15, -0.1) is 0 Å². The van der Waals surface area contributed by atoms with E-state index in [2.05, 4.69) is 0 Å². The summed E-state index contributed by atoms with van der Waals surface area (Å²) in [4.78, 5) is 14.0. The van der Waals surface area contributed by atoms with Crippen LogP contribution in [0.5, 0.6) is 11.5 Å².